The van der Waals surface area contributed by atoms with Crippen LogP contribution in [0.1, 0.15) is 0 Å². The number of aliphatic hydroxyl groups excluding tert-OH is 8. The van der Waals surface area contributed by atoms with Crippen LogP contribution in [-0.2, 0) is 9.59 Å². The van der Waals surface area contributed by atoms with E-state index in [4.69, 9.17) is 10.2 Å². The van der Waals surface area contributed by atoms with Crippen LogP contribution in [0.15, 0.2) is 0 Å². The van der Waals surface area contributed by atoms with E-state index in [0.29, 0.717) is 12.6 Å². The fourth-order valence-electron chi connectivity index (χ4n) is 3.17. The Kier molecular flexibility index (Phi) is 10.5. The van der Waals surface area contributed by atoms with Crippen LogP contribution in [0, 0.1) is 0 Å². The average Bonchev–Trinajstić information content (AvgIpc) is 2.73. The highest BCUT2D eigenvalue weighted by atomic mass is 16.4. The Morgan fingerprint density at radius 1 is 0.607 bits per heavy atom. The molecular formula is C16H30N2O10. The monoisotopic (exact) mass is 410 g/mol. The Bertz CT molecular complexity index is 434. The molecule has 0 spiro atoms. The van der Waals surface area contributed by atoms with Crippen LogP contribution in [0.2, 0.25) is 0 Å². The molecule has 164 valence electrons. The van der Waals surface area contributed by atoms with Crippen molar-refractivity contribution in [1.29, 1.82) is 0 Å². The number of carbonyl (C=O) groups excluding carboxylic acids is 2. The number of aldehydes is 2. The molecular weight excluding hydrogens is 380 g/mol. The molecule has 8 unspecified atom stereocenters. The van der Waals surface area contributed by atoms with Gasteiger partial charge in [0.2, 0.25) is 0 Å². The van der Waals surface area contributed by atoms with Crippen LogP contribution in [0.5, 0.6) is 0 Å². The molecule has 1 aliphatic rings. The Balaban J connectivity index is 2.73. The number of piperazine rings is 1. The van der Waals surface area contributed by atoms with Crippen molar-refractivity contribution >= 4 is 12.6 Å². The summed E-state index contributed by atoms with van der Waals surface area (Å²) in [6, 6.07) is -2.33. The third-order valence-corrected chi connectivity index (χ3v) is 5.03. The van der Waals surface area contributed by atoms with E-state index < -0.39 is 61.9 Å². The molecule has 0 saturated carbocycles. The number of aliphatic hydroxyl groups is 8. The van der Waals surface area contributed by atoms with Crippen LogP contribution in [0.3, 0.4) is 0 Å². The summed E-state index contributed by atoms with van der Waals surface area (Å²) in [6.45, 7) is -0.983. The van der Waals surface area contributed by atoms with Gasteiger partial charge in [0.15, 0.2) is 0 Å². The Morgan fingerprint density at radius 2 is 0.893 bits per heavy atom. The molecule has 0 aromatic heterocycles. The van der Waals surface area contributed by atoms with E-state index in [1.807, 2.05) is 0 Å². The first-order valence-electron chi connectivity index (χ1n) is 8.92. The summed E-state index contributed by atoms with van der Waals surface area (Å²) in [5.41, 5.74) is 0. The lowest BCUT2D eigenvalue weighted by Crippen LogP contribution is -2.62. The van der Waals surface area contributed by atoms with Crippen molar-refractivity contribution in [3.63, 3.8) is 0 Å². The van der Waals surface area contributed by atoms with Crippen molar-refractivity contribution in [3.8, 4) is 0 Å². The van der Waals surface area contributed by atoms with Gasteiger partial charge in [-0.15, -0.1) is 0 Å². The number of nitrogens with zero attached hydrogens (tertiary/aromatic N) is 2. The quantitative estimate of drug-likeness (QED) is 0.142. The third kappa shape index (κ3) is 5.97. The molecule has 28 heavy (non-hydrogen) atoms. The van der Waals surface area contributed by atoms with E-state index in [1.165, 1.54) is 9.80 Å². The number of rotatable bonds is 12. The first-order chi connectivity index (χ1) is 13.2. The predicted molar refractivity (Wildman–Crippen MR) is 93.1 cm³/mol. The SMILES string of the molecule is O=CC(C(O)C(O)C(O)CO)N1CCN(C(C=O)C(O)C(O)C(O)CO)CC1. The van der Waals surface area contributed by atoms with Crippen molar-refractivity contribution < 1.29 is 50.4 Å². The largest absolute Gasteiger partial charge is 0.394 e. The Labute approximate surface area is 161 Å². The van der Waals surface area contributed by atoms with Crippen molar-refractivity contribution in [2.45, 2.75) is 48.7 Å². The van der Waals surface area contributed by atoms with Gasteiger partial charge in [0.25, 0.3) is 0 Å². The normalized spacial score (nSPS) is 25.1. The second kappa shape index (κ2) is 11.8. The fourth-order valence-corrected chi connectivity index (χ4v) is 3.17. The van der Waals surface area contributed by atoms with Crippen LogP contribution in [0.25, 0.3) is 0 Å². The number of carbonyl (C=O) groups is 2. The van der Waals surface area contributed by atoms with Gasteiger partial charge in [0, 0.05) is 26.2 Å². The number of hydrogen-bond acceptors (Lipinski definition) is 12. The van der Waals surface area contributed by atoms with Crippen molar-refractivity contribution in [2.24, 2.45) is 0 Å². The average molecular weight is 410 g/mol. The summed E-state index contributed by atoms with van der Waals surface area (Å²) in [7, 11) is 0. The summed E-state index contributed by atoms with van der Waals surface area (Å²) in [4.78, 5) is 25.8. The number of hydrogen-bond donors (Lipinski definition) is 8. The molecule has 1 fully saturated rings. The Hall–Kier alpha value is -1.06. The molecule has 0 aromatic carbocycles. The molecule has 1 heterocycles. The van der Waals surface area contributed by atoms with E-state index >= 15 is 0 Å². The van der Waals surface area contributed by atoms with Crippen molar-refractivity contribution in [3.05, 3.63) is 0 Å². The minimum atomic E-state index is -1.74. The maximum atomic E-state index is 11.4. The van der Waals surface area contributed by atoms with Crippen LogP contribution in [0.4, 0.5) is 0 Å². The molecule has 0 radical (unpaired) electrons. The minimum absolute atomic E-state index is 0.151. The van der Waals surface area contributed by atoms with Gasteiger partial charge in [-0.2, -0.15) is 0 Å². The second-order valence-electron chi connectivity index (χ2n) is 6.79. The molecule has 1 aliphatic heterocycles. The van der Waals surface area contributed by atoms with Crippen molar-refractivity contribution in [2.75, 3.05) is 39.4 Å². The van der Waals surface area contributed by atoms with E-state index in [2.05, 4.69) is 0 Å². The van der Waals surface area contributed by atoms with Gasteiger partial charge in [0.1, 0.15) is 49.2 Å². The van der Waals surface area contributed by atoms with Gasteiger partial charge in [-0.05, 0) is 0 Å². The zero-order valence-electron chi connectivity index (χ0n) is 15.3. The van der Waals surface area contributed by atoms with Crippen LogP contribution < -0.4 is 0 Å². The van der Waals surface area contributed by atoms with Crippen LogP contribution >= 0.6 is 0 Å². The van der Waals surface area contributed by atoms with Crippen LogP contribution in [-0.4, -0.2) is 151 Å². The van der Waals surface area contributed by atoms with Gasteiger partial charge < -0.3 is 50.4 Å². The van der Waals surface area contributed by atoms with E-state index in [9.17, 15) is 40.2 Å². The lowest BCUT2D eigenvalue weighted by Gasteiger charge is -2.43. The molecule has 8 N–H and O–H groups in total. The first-order valence-corrected chi connectivity index (χ1v) is 8.92. The smallest absolute Gasteiger partial charge is 0.139 e. The summed E-state index contributed by atoms with van der Waals surface area (Å²) in [5.74, 6) is 0. The summed E-state index contributed by atoms with van der Waals surface area (Å²) >= 11 is 0. The van der Waals surface area contributed by atoms with E-state index in [0.717, 1.165) is 0 Å². The topological polar surface area (TPSA) is 202 Å². The molecule has 8 atom stereocenters. The Morgan fingerprint density at radius 3 is 1.11 bits per heavy atom. The van der Waals surface area contributed by atoms with E-state index in [1.54, 1.807) is 0 Å². The lowest BCUT2D eigenvalue weighted by molar-refractivity contribution is -0.138. The zero-order chi connectivity index (χ0) is 21.4. The maximum absolute atomic E-state index is 11.4. The van der Waals surface area contributed by atoms with Crippen molar-refractivity contribution in [1.82, 2.24) is 9.80 Å². The van der Waals surface area contributed by atoms with Gasteiger partial charge in [0.05, 0.1) is 25.3 Å². The highest BCUT2D eigenvalue weighted by molar-refractivity contribution is 5.60. The van der Waals surface area contributed by atoms with Gasteiger partial charge in [-0.1, -0.05) is 0 Å². The standard InChI is InChI=1S/C16H30N2O10/c19-5-9(13(25)15(27)11(23)7-21)17-1-2-18(4-3-17)10(6-20)14(26)16(28)12(24)8-22/h5-6,9-16,21-28H,1-4,7-8H2. The van der Waals surface area contributed by atoms with Gasteiger partial charge in [-0.3, -0.25) is 9.80 Å². The molecule has 0 aromatic rings. The molecule has 0 aliphatic carbocycles. The first kappa shape index (κ1) is 25.0. The summed E-state index contributed by atoms with van der Waals surface area (Å²) in [6.07, 6.45) is -9.21. The second-order valence-corrected chi connectivity index (χ2v) is 6.79. The molecule has 0 amide bonds. The molecule has 12 heteroatoms. The molecule has 0 bridgehead atoms. The fraction of sp³-hybridized carbons (Fsp3) is 0.875. The molecule has 1 rings (SSSR count). The van der Waals surface area contributed by atoms with E-state index in [-0.39, 0.29) is 26.2 Å². The third-order valence-electron chi connectivity index (χ3n) is 5.03. The van der Waals surface area contributed by atoms with Gasteiger partial charge in [-0.25, -0.2) is 0 Å². The minimum Gasteiger partial charge on any atom is -0.394 e. The zero-order valence-corrected chi connectivity index (χ0v) is 15.3. The lowest BCUT2D eigenvalue weighted by atomic mass is 9.98. The predicted octanol–water partition coefficient (Wildman–Crippen LogP) is -6.11. The highest BCUT2D eigenvalue weighted by Gasteiger charge is 2.39. The summed E-state index contributed by atoms with van der Waals surface area (Å²) < 4.78 is 0. The van der Waals surface area contributed by atoms with Gasteiger partial charge >= 0.3 is 0 Å². The summed E-state index contributed by atoms with van der Waals surface area (Å²) in [5, 5.41) is 76.4. The molecule has 12 nitrogen and oxygen atoms in total. The highest BCUT2D eigenvalue weighted by Crippen LogP contribution is 2.16. The maximum Gasteiger partial charge on any atom is 0.139 e. The molecule has 1 saturated heterocycles.